The molecular formula is C25H29ClN5O6+. The number of aromatic nitrogens is 1. The lowest BCUT2D eigenvalue weighted by molar-refractivity contribution is -0.115. The molecule has 0 spiro atoms. The van der Waals surface area contributed by atoms with Gasteiger partial charge < -0.3 is 29.2 Å². The molecule has 3 heterocycles. The van der Waals surface area contributed by atoms with E-state index in [1.54, 1.807) is 30.3 Å². The van der Waals surface area contributed by atoms with Crippen molar-refractivity contribution in [2.24, 2.45) is 0 Å². The first kappa shape index (κ1) is 26.4. The van der Waals surface area contributed by atoms with Crippen LogP contribution in [0.5, 0.6) is 17.4 Å². The van der Waals surface area contributed by atoms with Crippen molar-refractivity contribution < 1.29 is 33.9 Å². The van der Waals surface area contributed by atoms with Crippen LogP contribution in [0.25, 0.3) is 0 Å². The minimum atomic E-state index is -0.457. The molecule has 2 amide bonds. The molecular weight excluding hydrogens is 502 g/mol. The van der Waals surface area contributed by atoms with Gasteiger partial charge in [0, 0.05) is 51.1 Å². The Bertz CT molecular complexity index is 1180. The molecule has 0 aliphatic carbocycles. The maximum Gasteiger partial charge on any atom is 0.339 e. The molecule has 11 nitrogen and oxygen atoms in total. The van der Waals surface area contributed by atoms with Gasteiger partial charge in [-0.3, -0.25) is 10.2 Å². The molecule has 2 fully saturated rings. The number of pyridine rings is 1. The molecule has 4 rings (SSSR count). The molecule has 196 valence electrons. The van der Waals surface area contributed by atoms with Crippen LogP contribution in [-0.2, 0) is 9.47 Å². The van der Waals surface area contributed by atoms with E-state index in [-0.39, 0.29) is 40.1 Å². The Morgan fingerprint density at radius 1 is 1.14 bits per heavy atom. The van der Waals surface area contributed by atoms with Crippen molar-refractivity contribution in [1.29, 1.82) is 0 Å². The van der Waals surface area contributed by atoms with Crippen LogP contribution in [0.3, 0.4) is 0 Å². The maximum absolute atomic E-state index is 12.9. The van der Waals surface area contributed by atoms with Crippen LogP contribution in [0.1, 0.15) is 27.1 Å². The SMILES string of the molecule is CN/C=C\C(=[NH2+])NC(=O)c1cc(Oc2ncc(C(=O)N3CCOCC3)cc2Cl)cc(OC2CCOC2)c1. The van der Waals surface area contributed by atoms with Crippen LogP contribution in [0, 0.1) is 0 Å². The van der Waals surface area contributed by atoms with E-state index >= 15 is 0 Å². The summed E-state index contributed by atoms with van der Waals surface area (Å²) in [5.74, 6) is 0.282. The number of hydrogen-bond donors (Lipinski definition) is 3. The molecule has 2 saturated heterocycles. The van der Waals surface area contributed by atoms with Crippen molar-refractivity contribution in [3.8, 4) is 17.4 Å². The highest BCUT2D eigenvalue weighted by Gasteiger charge is 2.23. The van der Waals surface area contributed by atoms with Gasteiger partial charge in [-0.05, 0) is 18.2 Å². The van der Waals surface area contributed by atoms with Gasteiger partial charge in [-0.2, -0.15) is 0 Å². The number of morpholine rings is 1. The first-order valence-corrected chi connectivity index (χ1v) is 12.2. The van der Waals surface area contributed by atoms with Crippen molar-refractivity contribution in [2.45, 2.75) is 12.5 Å². The number of rotatable bonds is 8. The molecule has 1 aromatic heterocycles. The molecule has 12 heteroatoms. The molecule has 2 aliphatic rings. The van der Waals surface area contributed by atoms with Gasteiger partial charge in [0.05, 0.1) is 37.6 Å². The lowest BCUT2D eigenvalue weighted by Crippen LogP contribution is -2.49. The van der Waals surface area contributed by atoms with Crippen LogP contribution in [0.15, 0.2) is 42.7 Å². The predicted molar refractivity (Wildman–Crippen MR) is 135 cm³/mol. The molecule has 37 heavy (non-hydrogen) atoms. The fourth-order valence-electron chi connectivity index (χ4n) is 3.72. The number of amides is 2. The fourth-order valence-corrected chi connectivity index (χ4v) is 3.93. The topological polar surface area (TPSA) is 137 Å². The van der Waals surface area contributed by atoms with Gasteiger partial charge in [-0.1, -0.05) is 11.6 Å². The number of carbonyl (C=O) groups is 2. The average molecular weight is 531 g/mol. The third kappa shape index (κ3) is 7.19. The number of hydrogen-bond acceptors (Lipinski definition) is 8. The summed E-state index contributed by atoms with van der Waals surface area (Å²) < 4.78 is 22.6. The van der Waals surface area contributed by atoms with Crippen molar-refractivity contribution in [1.82, 2.24) is 20.5 Å². The van der Waals surface area contributed by atoms with Gasteiger partial charge in [0.2, 0.25) is 5.88 Å². The van der Waals surface area contributed by atoms with Gasteiger partial charge in [-0.15, -0.1) is 0 Å². The number of amidine groups is 1. The minimum absolute atomic E-state index is 0.0796. The second-order valence-electron chi connectivity index (χ2n) is 8.35. The molecule has 1 unspecified atom stereocenters. The molecule has 1 atom stereocenters. The van der Waals surface area contributed by atoms with E-state index < -0.39 is 5.91 Å². The molecule has 0 bridgehead atoms. The fraction of sp³-hybridized carbons (Fsp3) is 0.360. The lowest BCUT2D eigenvalue weighted by Gasteiger charge is -2.26. The van der Waals surface area contributed by atoms with Crippen molar-refractivity contribution in [2.75, 3.05) is 46.6 Å². The summed E-state index contributed by atoms with van der Waals surface area (Å²) in [6, 6.07) is 6.26. The monoisotopic (exact) mass is 530 g/mol. The molecule has 2 aromatic rings. The summed E-state index contributed by atoms with van der Waals surface area (Å²) in [5, 5.41) is 11.4. The summed E-state index contributed by atoms with van der Waals surface area (Å²) >= 11 is 6.42. The number of nitrogens with two attached hydrogens (primary N) is 1. The second kappa shape index (κ2) is 12.5. The van der Waals surface area contributed by atoms with Crippen LogP contribution < -0.4 is 25.5 Å². The van der Waals surface area contributed by atoms with Crippen molar-refractivity contribution in [3.05, 3.63) is 58.9 Å². The van der Waals surface area contributed by atoms with Gasteiger partial charge in [-0.25, -0.2) is 15.1 Å². The van der Waals surface area contributed by atoms with Gasteiger partial charge >= 0.3 is 5.91 Å². The van der Waals surface area contributed by atoms with E-state index in [4.69, 9.17) is 36.0 Å². The summed E-state index contributed by atoms with van der Waals surface area (Å²) in [6.45, 7) is 3.05. The van der Waals surface area contributed by atoms with E-state index in [1.807, 2.05) is 0 Å². The first-order chi connectivity index (χ1) is 17.9. The number of nitrogens with zero attached hydrogens (tertiary/aromatic N) is 2. The molecule has 0 radical (unpaired) electrons. The van der Waals surface area contributed by atoms with Crippen molar-refractivity contribution in [3.63, 3.8) is 0 Å². The highest BCUT2D eigenvalue weighted by Crippen LogP contribution is 2.32. The third-order valence-electron chi connectivity index (χ3n) is 5.59. The molecule has 1 aromatic carbocycles. The lowest BCUT2D eigenvalue weighted by atomic mass is 10.1. The zero-order valence-electron chi connectivity index (χ0n) is 20.4. The summed E-state index contributed by atoms with van der Waals surface area (Å²) in [6.07, 6.45) is 5.11. The smallest absolute Gasteiger partial charge is 0.339 e. The van der Waals surface area contributed by atoms with Crippen LogP contribution in [0.2, 0.25) is 5.02 Å². The molecule has 0 saturated carbocycles. The van der Waals surface area contributed by atoms with E-state index in [9.17, 15) is 9.59 Å². The highest BCUT2D eigenvalue weighted by atomic mass is 35.5. The van der Waals surface area contributed by atoms with Crippen LogP contribution >= 0.6 is 11.6 Å². The molecule has 2 aliphatic heterocycles. The van der Waals surface area contributed by atoms with Crippen LogP contribution in [-0.4, -0.2) is 80.2 Å². The average Bonchev–Trinajstić information content (AvgIpc) is 3.41. The van der Waals surface area contributed by atoms with Gasteiger partial charge in [0.25, 0.3) is 11.7 Å². The van der Waals surface area contributed by atoms with E-state index in [0.717, 1.165) is 6.42 Å². The predicted octanol–water partition coefficient (Wildman–Crippen LogP) is 0.788. The van der Waals surface area contributed by atoms with Gasteiger partial charge in [0.15, 0.2) is 0 Å². The maximum atomic E-state index is 12.9. The highest BCUT2D eigenvalue weighted by molar-refractivity contribution is 6.32. The van der Waals surface area contributed by atoms with E-state index in [0.29, 0.717) is 50.8 Å². The zero-order chi connectivity index (χ0) is 26.2. The Hall–Kier alpha value is -3.67. The largest absolute Gasteiger partial charge is 0.488 e. The normalized spacial score (nSPS) is 17.5. The zero-order valence-corrected chi connectivity index (χ0v) is 21.1. The molecule has 4 N–H and O–H groups in total. The Morgan fingerprint density at radius 2 is 1.92 bits per heavy atom. The summed E-state index contributed by atoms with van der Waals surface area (Å²) in [4.78, 5) is 31.5. The van der Waals surface area contributed by atoms with Crippen LogP contribution in [0.4, 0.5) is 0 Å². The summed E-state index contributed by atoms with van der Waals surface area (Å²) in [5.41, 5.74) is 0.598. The number of ether oxygens (including phenoxy) is 4. The first-order valence-electron chi connectivity index (χ1n) is 11.8. The van der Waals surface area contributed by atoms with Gasteiger partial charge in [0.1, 0.15) is 22.6 Å². The Labute approximate surface area is 219 Å². The Morgan fingerprint density at radius 3 is 2.62 bits per heavy atom. The second-order valence-corrected chi connectivity index (χ2v) is 8.75. The Balaban J connectivity index is 1.54. The number of halogens is 1. The van der Waals surface area contributed by atoms with E-state index in [2.05, 4.69) is 15.6 Å². The number of benzene rings is 1. The summed E-state index contributed by atoms with van der Waals surface area (Å²) in [7, 11) is 1.72. The number of nitrogens with one attached hydrogen (secondary N) is 2. The standard InChI is InChI=1S/C25H28ClN5O6/c1-28-4-2-22(27)30-23(32)16-10-19(36-18-3-7-35-15-18)13-20(11-16)37-24-21(26)12-17(14-29-24)25(33)31-5-8-34-9-6-31/h2,4,10-14,18,28H,3,5-9,15H2,1H3,(H2,27,30,32)/p+1/b4-2-. The third-order valence-corrected chi connectivity index (χ3v) is 5.86. The minimum Gasteiger partial charge on any atom is -0.488 e. The number of carbonyl (C=O) groups excluding carboxylic acids is 2. The van der Waals surface area contributed by atoms with E-state index in [1.165, 1.54) is 24.4 Å². The quantitative estimate of drug-likeness (QED) is 0.336. The Kier molecular flexibility index (Phi) is 8.94. The van der Waals surface area contributed by atoms with Crippen molar-refractivity contribution >= 4 is 29.3 Å².